The second-order valence-electron chi connectivity index (χ2n) is 4.07. The first-order valence-electron chi connectivity index (χ1n) is 5.84. The normalized spacial score (nSPS) is 10.2. The van der Waals surface area contributed by atoms with Gasteiger partial charge in [-0.05, 0) is 29.8 Å². The third-order valence-corrected chi connectivity index (χ3v) is 2.61. The number of hydrogen-bond donors (Lipinski definition) is 1. The molecule has 1 amide bonds. The molecule has 0 heterocycles. The van der Waals surface area contributed by atoms with Gasteiger partial charge in [0.2, 0.25) is 0 Å². The largest absolute Gasteiger partial charge is 0.380 e. The lowest BCUT2D eigenvalue weighted by molar-refractivity contribution is 0.102. The van der Waals surface area contributed by atoms with Crippen molar-refractivity contribution in [1.29, 1.82) is 0 Å². The van der Waals surface area contributed by atoms with E-state index in [0.29, 0.717) is 12.3 Å². The summed E-state index contributed by atoms with van der Waals surface area (Å²) < 4.78 is 18.5. The molecule has 0 radical (unpaired) electrons. The number of methoxy groups -OCH3 is 1. The molecule has 0 saturated carbocycles. The number of nitrogens with one attached hydrogen (secondary N) is 1. The van der Waals surface area contributed by atoms with Gasteiger partial charge in [-0.15, -0.1) is 0 Å². The fourth-order valence-corrected chi connectivity index (χ4v) is 1.75. The van der Waals surface area contributed by atoms with Crippen LogP contribution in [0.15, 0.2) is 48.5 Å². The van der Waals surface area contributed by atoms with Gasteiger partial charge in [0.1, 0.15) is 5.82 Å². The van der Waals surface area contributed by atoms with Crippen LogP contribution in [0.5, 0.6) is 0 Å². The molecule has 0 aliphatic heterocycles. The maximum atomic E-state index is 13.5. The van der Waals surface area contributed by atoms with Gasteiger partial charge in [0, 0.05) is 12.8 Å². The highest BCUT2D eigenvalue weighted by Crippen LogP contribution is 2.14. The van der Waals surface area contributed by atoms with E-state index >= 15 is 0 Å². The predicted octanol–water partition coefficient (Wildman–Crippen LogP) is 3.22. The van der Waals surface area contributed by atoms with Crippen LogP contribution < -0.4 is 5.32 Å². The van der Waals surface area contributed by atoms with Crippen LogP contribution in [0.25, 0.3) is 0 Å². The zero-order valence-electron chi connectivity index (χ0n) is 10.5. The zero-order valence-corrected chi connectivity index (χ0v) is 10.5. The summed E-state index contributed by atoms with van der Waals surface area (Å²) in [7, 11) is 1.60. The Labute approximate surface area is 111 Å². The number of hydrogen-bond acceptors (Lipinski definition) is 2. The van der Waals surface area contributed by atoms with Crippen LogP contribution in [0.2, 0.25) is 0 Å². The van der Waals surface area contributed by atoms with Crippen molar-refractivity contribution < 1.29 is 13.9 Å². The number of anilines is 1. The Kier molecular flexibility index (Phi) is 4.26. The molecule has 2 aromatic carbocycles. The Morgan fingerprint density at radius 3 is 2.74 bits per heavy atom. The molecule has 98 valence electrons. The summed E-state index contributed by atoms with van der Waals surface area (Å²) in [6.45, 7) is 0.462. The molecule has 0 atom stereocenters. The smallest absolute Gasteiger partial charge is 0.258 e. The van der Waals surface area contributed by atoms with Crippen molar-refractivity contribution in [2.24, 2.45) is 0 Å². The van der Waals surface area contributed by atoms with Gasteiger partial charge < -0.3 is 10.1 Å². The van der Waals surface area contributed by atoms with Gasteiger partial charge in [-0.3, -0.25) is 4.79 Å². The fourth-order valence-electron chi connectivity index (χ4n) is 1.75. The molecule has 0 aliphatic carbocycles. The molecule has 3 nitrogen and oxygen atoms in total. The van der Waals surface area contributed by atoms with E-state index in [2.05, 4.69) is 5.32 Å². The minimum Gasteiger partial charge on any atom is -0.380 e. The van der Waals surface area contributed by atoms with Gasteiger partial charge >= 0.3 is 0 Å². The van der Waals surface area contributed by atoms with Gasteiger partial charge in [-0.2, -0.15) is 0 Å². The van der Waals surface area contributed by atoms with E-state index in [1.165, 1.54) is 12.1 Å². The van der Waals surface area contributed by atoms with Gasteiger partial charge in [-0.25, -0.2) is 4.39 Å². The number of rotatable bonds is 4. The third-order valence-electron chi connectivity index (χ3n) is 2.61. The summed E-state index contributed by atoms with van der Waals surface area (Å²) in [5.74, 6) is -0.999. The molecule has 0 aliphatic rings. The molecule has 2 aromatic rings. The highest BCUT2D eigenvalue weighted by molar-refractivity contribution is 6.04. The van der Waals surface area contributed by atoms with Crippen LogP contribution >= 0.6 is 0 Å². The van der Waals surface area contributed by atoms with Crippen LogP contribution in [0.4, 0.5) is 10.1 Å². The van der Waals surface area contributed by atoms with Crippen molar-refractivity contribution >= 4 is 11.6 Å². The molecule has 0 unspecified atom stereocenters. The van der Waals surface area contributed by atoms with E-state index in [0.717, 1.165) is 5.56 Å². The molecule has 0 spiro atoms. The van der Waals surface area contributed by atoms with Gasteiger partial charge in [0.15, 0.2) is 0 Å². The van der Waals surface area contributed by atoms with E-state index in [4.69, 9.17) is 4.74 Å². The van der Waals surface area contributed by atoms with Crippen molar-refractivity contribution in [3.05, 3.63) is 65.5 Å². The maximum Gasteiger partial charge on any atom is 0.258 e. The maximum absolute atomic E-state index is 13.5. The van der Waals surface area contributed by atoms with Crippen LogP contribution in [0, 0.1) is 5.82 Å². The summed E-state index contributed by atoms with van der Waals surface area (Å²) in [5.41, 5.74) is 1.58. The van der Waals surface area contributed by atoms with E-state index in [-0.39, 0.29) is 5.56 Å². The van der Waals surface area contributed by atoms with E-state index < -0.39 is 11.7 Å². The summed E-state index contributed by atoms with van der Waals surface area (Å²) in [5, 5.41) is 2.66. The van der Waals surface area contributed by atoms with Crippen LogP contribution in [0.3, 0.4) is 0 Å². The summed E-state index contributed by atoms with van der Waals surface area (Å²) >= 11 is 0. The first-order chi connectivity index (χ1) is 9.20. The first-order valence-corrected chi connectivity index (χ1v) is 5.84. The predicted molar refractivity (Wildman–Crippen MR) is 71.5 cm³/mol. The minimum absolute atomic E-state index is 0.0274. The average molecular weight is 259 g/mol. The summed E-state index contributed by atoms with van der Waals surface area (Å²) in [4.78, 5) is 11.9. The van der Waals surface area contributed by atoms with Crippen LogP contribution in [0.1, 0.15) is 15.9 Å². The van der Waals surface area contributed by atoms with Gasteiger partial charge in [-0.1, -0.05) is 24.3 Å². The van der Waals surface area contributed by atoms with Crippen molar-refractivity contribution in [3.8, 4) is 0 Å². The number of carbonyl (C=O) groups is 1. The van der Waals surface area contributed by atoms with E-state index in [1.54, 1.807) is 31.4 Å². The topological polar surface area (TPSA) is 38.3 Å². The fraction of sp³-hybridized carbons (Fsp3) is 0.133. The van der Waals surface area contributed by atoms with Crippen molar-refractivity contribution in [2.45, 2.75) is 6.61 Å². The van der Waals surface area contributed by atoms with E-state index in [9.17, 15) is 9.18 Å². The van der Waals surface area contributed by atoms with Crippen molar-refractivity contribution in [2.75, 3.05) is 12.4 Å². The molecular formula is C15H14FNO2. The molecule has 0 aromatic heterocycles. The molecule has 0 saturated heterocycles. The summed E-state index contributed by atoms with van der Waals surface area (Å²) in [6.07, 6.45) is 0. The second kappa shape index (κ2) is 6.11. The Morgan fingerprint density at radius 1 is 1.21 bits per heavy atom. The quantitative estimate of drug-likeness (QED) is 0.915. The van der Waals surface area contributed by atoms with Gasteiger partial charge in [0.05, 0.1) is 12.2 Å². The minimum atomic E-state index is -0.534. The molecule has 0 bridgehead atoms. The Balaban J connectivity index is 2.15. The SMILES string of the molecule is COCc1cccc(NC(=O)c2ccccc2F)c1. The standard InChI is InChI=1S/C15H14FNO2/c1-19-10-11-5-4-6-12(9-11)17-15(18)13-7-2-3-8-14(13)16/h2-9H,10H2,1H3,(H,17,18). The molecule has 0 fully saturated rings. The Morgan fingerprint density at radius 2 is 2.00 bits per heavy atom. The van der Waals surface area contributed by atoms with Crippen LogP contribution in [-0.4, -0.2) is 13.0 Å². The molecule has 2 rings (SSSR count). The zero-order chi connectivity index (χ0) is 13.7. The Hall–Kier alpha value is -2.20. The summed E-state index contributed by atoms with van der Waals surface area (Å²) in [6, 6.07) is 13.1. The highest BCUT2D eigenvalue weighted by atomic mass is 19.1. The second-order valence-corrected chi connectivity index (χ2v) is 4.07. The molecule has 4 heteroatoms. The number of halogens is 1. The molecule has 19 heavy (non-hydrogen) atoms. The monoisotopic (exact) mass is 259 g/mol. The van der Waals surface area contributed by atoms with Gasteiger partial charge in [0.25, 0.3) is 5.91 Å². The van der Waals surface area contributed by atoms with E-state index in [1.807, 2.05) is 12.1 Å². The number of benzene rings is 2. The third kappa shape index (κ3) is 3.39. The lowest BCUT2D eigenvalue weighted by atomic mass is 10.1. The highest BCUT2D eigenvalue weighted by Gasteiger charge is 2.10. The molecular weight excluding hydrogens is 245 g/mol. The lowest BCUT2D eigenvalue weighted by Gasteiger charge is -2.07. The average Bonchev–Trinajstić information content (AvgIpc) is 2.40. The molecule has 1 N–H and O–H groups in total. The first kappa shape index (κ1) is 13.2. The van der Waals surface area contributed by atoms with Crippen LogP contribution in [-0.2, 0) is 11.3 Å². The lowest BCUT2D eigenvalue weighted by Crippen LogP contribution is -2.13. The number of carbonyl (C=O) groups excluding carboxylic acids is 1. The number of ether oxygens (including phenoxy) is 1. The number of amides is 1. The Bertz CT molecular complexity index is 584. The van der Waals surface area contributed by atoms with Crippen molar-refractivity contribution in [3.63, 3.8) is 0 Å². The van der Waals surface area contributed by atoms with Crippen molar-refractivity contribution in [1.82, 2.24) is 0 Å².